The Labute approximate surface area is 125 Å². The molecule has 0 bridgehead atoms. The second-order valence-electron chi connectivity index (χ2n) is 4.13. The minimum Gasteiger partial charge on any atom is -0.478 e. The van der Waals surface area contributed by atoms with Gasteiger partial charge in [0.1, 0.15) is 4.38 Å². The van der Waals surface area contributed by atoms with Gasteiger partial charge in [-0.25, -0.2) is 4.79 Å². The second kappa shape index (κ2) is 6.81. The number of carboxylic acids is 1. The van der Waals surface area contributed by atoms with Gasteiger partial charge < -0.3 is 10.4 Å². The first-order chi connectivity index (χ1) is 9.56. The summed E-state index contributed by atoms with van der Waals surface area (Å²) in [5, 5.41) is 11.4. The van der Waals surface area contributed by atoms with Crippen molar-refractivity contribution in [1.82, 2.24) is 0 Å². The Hall–Kier alpha value is -1.47. The van der Waals surface area contributed by atoms with Crippen molar-refractivity contribution in [3.05, 3.63) is 29.8 Å². The number of aromatic carboxylic acids is 1. The van der Waals surface area contributed by atoms with Gasteiger partial charge in [0.2, 0.25) is 5.91 Å². The van der Waals surface area contributed by atoms with Crippen molar-refractivity contribution in [2.75, 3.05) is 17.6 Å². The predicted molar refractivity (Wildman–Crippen MR) is 83.8 cm³/mol. The molecule has 1 aromatic rings. The quantitative estimate of drug-likeness (QED) is 0.893. The van der Waals surface area contributed by atoms with Gasteiger partial charge in [-0.05, 0) is 25.1 Å². The molecule has 2 N–H and O–H groups in total. The molecule has 0 saturated carbocycles. The van der Waals surface area contributed by atoms with Crippen LogP contribution in [0.25, 0.3) is 0 Å². The number of hydrogen-bond donors (Lipinski definition) is 2. The van der Waals surface area contributed by atoms with E-state index in [0.717, 1.165) is 16.7 Å². The van der Waals surface area contributed by atoms with Crippen molar-refractivity contribution in [1.29, 1.82) is 0 Å². The molecule has 0 aromatic heterocycles. The zero-order chi connectivity index (χ0) is 14.5. The summed E-state index contributed by atoms with van der Waals surface area (Å²) < 4.78 is 0.937. The van der Waals surface area contributed by atoms with Crippen molar-refractivity contribution in [3.8, 4) is 0 Å². The molecule has 5 nitrogen and oxygen atoms in total. The number of benzene rings is 1. The van der Waals surface area contributed by atoms with Crippen molar-refractivity contribution >= 4 is 45.5 Å². The van der Waals surface area contributed by atoms with Gasteiger partial charge in [0.25, 0.3) is 0 Å². The molecule has 7 heteroatoms. The zero-order valence-corrected chi connectivity index (χ0v) is 12.5. The maximum atomic E-state index is 12.0. The van der Waals surface area contributed by atoms with E-state index in [0.29, 0.717) is 5.69 Å². The summed E-state index contributed by atoms with van der Waals surface area (Å²) >= 11 is 3.09. The Morgan fingerprint density at radius 3 is 2.95 bits per heavy atom. The maximum Gasteiger partial charge on any atom is 0.335 e. The van der Waals surface area contributed by atoms with Crippen molar-refractivity contribution in [2.45, 2.75) is 12.2 Å². The number of rotatable bonds is 4. The lowest BCUT2D eigenvalue weighted by Gasteiger charge is -2.11. The molecule has 0 spiro atoms. The van der Waals surface area contributed by atoms with Crippen molar-refractivity contribution in [2.24, 2.45) is 4.99 Å². The third-order valence-electron chi connectivity index (χ3n) is 2.58. The summed E-state index contributed by atoms with van der Waals surface area (Å²) in [6.45, 7) is 2.62. The summed E-state index contributed by atoms with van der Waals surface area (Å²) in [5.74, 6) is -0.204. The van der Waals surface area contributed by atoms with Gasteiger partial charge in [-0.1, -0.05) is 29.6 Å². The first-order valence-electron chi connectivity index (χ1n) is 6.04. The van der Waals surface area contributed by atoms with E-state index < -0.39 is 5.97 Å². The molecular weight excluding hydrogens is 296 g/mol. The SMILES string of the molecule is CC(SC1=NCCS1)C(=O)Nc1cccc(C(=O)O)c1. The molecule has 1 aliphatic heterocycles. The molecule has 2 rings (SSSR count). The average Bonchev–Trinajstić information content (AvgIpc) is 2.91. The Bertz CT molecular complexity index is 560. The van der Waals surface area contributed by atoms with Crippen LogP contribution < -0.4 is 5.32 Å². The molecular formula is C13H14N2O3S2. The number of carbonyl (C=O) groups excluding carboxylic acids is 1. The lowest BCUT2D eigenvalue weighted by molar-refractivity contribution is -0.115. The van der Waals surface area contributed by atoms with E-state index in [-0.39, 0.29) is 16.7 Å². The Morgan fingerprint density at radius 2 is 2.30 bits per heavy atom. The minimum absolute atomic E-state index is 0.152. The highest BCUT2D eigenvalue weighted by atomic mass is 32.2. The molecule has 0 fully saturated rings. The fourth-order valence-corrected chi connectivity index (χ4v) is 3.69. The Balaban J connectivity index is 1.96. The van der Waals surface area contributed by atoms with E-state index in [1.165, 1.54) is 23.9 Å². The molecule has 20 heavy (non-hydrogen) atoms. The summed E-state index contributed by atoms with van der Waals surface area (Å²) in [7, 11) is 0. The fraction of sp³-hybridized carbons (Fsp3) is 0.308. The van der Waals surface area contributed by atoms with Crippen LogP contribution in [0.2, 0.25) is 0 Å². The number of carbonyl (C=O) groups is 2. The van der Waals surface area contributed by atoms with Gasteiger partial charge in [-0.3, -0.25) is 9.79 Å². The number of nitrogens with zero attached hydrogens (tertiary/aromatic N) is 1. The van der Waals surface area contributed by atoms with Gasteiger partial charge in [-0.15, -0.1) is 0 Å². The normalized spacial score (nSPS) is 15.6. The molecule has 0 aliphatic carbocycles. The molecule has 106 valence electrons. The number of hydrogen-bond acceptors (Lipinski definition) is 5. The van der Waals surface area contributed by atoms with Crippen molar-refractivity contribution < 1.29 is 14.7 Å². The van der Waals surface area contributed by atoms with Crippen LogP contribution >= 0.6 is 23.5 Å². The van der Waals surface area contributed by atoms with Crippen LogP contribution in [0, 0.1) is 0 Å². The second-order valence-corrected chi connectivity index (χ2v) is 6.80. The first-order valence-corrected chi connectivity index (χ1v) is 7.91. The highest BCUT2D eigenvalue weighted by molar-refractivity contribution is 8.39. The number of amides is 1. The number of thioether (sulfide) groups is 2. The molecule has 1 aliphatic rings. The maximum absolute atomic E-state index is 12.0. The van der Waals surface area contributed by atoms with Crippen LogP contribution in [-0.2, 0) is 4.79 Å². The first kappa shape index (κ1) is 14.9. The van der Waals surface area contributed by atoms with E-state index in [4.69, 9.17) is 5.11 Å². The van der Waals surface area contributed by atoms with Crippen molar-refractivity contribution in [3.63, 3.8) is 0 Å². The number of nitrogens with one attached hydrogen (secondary N) is 1. The van der Waals surface area contributed by atoms with Crippen LogP contribution in [0.4, 0.5) is 5.69 Å². The molecule has 1 unspecified atom stereocenters. The fourth-order valence-electron chi connectivity index (χ4n) is 1.57. The summed E-state index contributed by atoms with van der Waals surface area (Å²) in [6, 6.07) is 6.21. The molecule has 1 amide bonds. The smallest absolute Gasteiger partial charge is 0.335 e. The van der Waals surface area contributed by atoms with Crippen LogP contribution in [0.1, 0.15) is 17.3 Å². The summed E-state index contributed by atoms with van der Waals surface area (Å²) in [5.41, 5.74) is 0.641. The standard InChI is InChI=1S/C13H14N2O3S2/c1-8(20-13-14-5-6-19-13)11(16)15-10-4-2-3-9(7-10)12(17)18/h2-4,7-8H,5-6H2,1H3,(H,15,16)(H,17,18). The average molecular weight is 310 g/mol. The lowest BCUT2D eigenvalue weighted by Crippen LogP contribution is -2.23. The number of carboxylic acid groups (broad SMARTS) is 1. The number of aliphatic imine (C=N–C) groups is 1. The third kappa shape index (κ3) is 4.01. The predicted octanol–water partition coefficient (Wildman–Crippen LogP) is 2.55. The minimum atomic E-state index is -1.01. The monoisotopic (exact) mass is 310 g/mol. The Kier molecular flexibility index (Phi) is 5.08. The van der Waals surface area contributed by atoms with Crippen LogP contribution in [0.5, 0.6) is 0 Å². The highest BCUT2D eigenvalue weighted by Gasteiger charge is 2.19. The van der Waals surface area contributed by atoms with E-state index in [1.807, 2.05) is 6.92 Å². The topological polar surface area (TPSA) is 78.8 Å². The van der Waals surface area contributed by atoms with E-state index in [2.05, 4.69) is 10.3 Å². The molecule has 1 aromatic carbocycles. The van der Waals surface area contributed by atoms with Crippen LogP contribution in [0.3, 0.4) is 0 Å². The largest absolute Gasteiger partial charge is 0.478 e. The van der Waals surface area contributed by atoms with E-state index in [9.17, 15) is 9.59 Å². The van der Waals surface area contributed by atoms with Gasteiger partial charge in [-0.2, -0.15) is 0 Å². The van der Waals surface area contributed by atoms with Gasteiger partial charge in [0, 0.05) is 11.4 Å². The zero-order valence-electron chi connectivity index (χ0n) is 10.8. The highest BCUT2D eigenvalue weighted by Crippen LogP contribution is 2.26. The molecule has 0 saturated heterocycles. The van der Waals surface area contributed by atoms with Gasteiger partial charge in [0.05, 0.1) is 17.4 Å². The molecule has 1 heterocycles. The Morgan fingerprint density at radius 1 is 1.50 bits per heavy atom. The van der Waals surface area contributed by atoms with E-state index in [1.54, 1.807) is 23.9 Å². The van der Waals surface area contributed by atoms with Crippen LogP contribution in [0.15, 0.2) is 29.3 Å². The molecule has 0 radical (unpaired) electrons. The lowest BCUT2D eigenvalue weighted by atomic mass is 10.2. The number of anilines is 1. The van der Waals surface area contributed by atoms with Gasteiger partial charge in [0.15, 0.2) is 0 Å². The van der Waals surface area contributed by atoms with E-state index >= 15 is 0 Å². The summed E-state index contributed by atoms with van der Waals surface area (Å²) in [4.78, 5) is 27.2. The molecule has 1 atom stereocenters. The summed E-state index contributed by atoms with van der Waals surface area (Å²) in [6.07, 6.45) is 0. The van der Waals surface area contributed by atoms with Crippen LogP contribution in [-0.4, -0.2) is 38.9 Å². The third-order valence-corrected chi connectivity index (χ3v) is 4.88. The van der Waals surface area contributed by atoms with Gasteiger partial charge >= 0.3 is 5.97 Å².